The van der Waals surface area contributed by atoms with Gasteiger partial charge in [0.2, 0.25) is 7.65 Å². The predicted octanol–water partition coefficient (Wildman–Crippen LogP) is 2.72. The first-order valence-electron chi connectivity index (χ1n) is 3.99. The molecule has 76 valence electrons. The van der Waals surface area contributed by atoms with Crippen molar-refractivity contribution in [3.8, 4) is 0 Å². The molecule has 1 aliphatic rings. The average molecular weight is 226 g/mol. The molecule has 1 rings (SSSR count). The highest BCUT2D eigenvalue weighted by Crippen LogP contribution is 2.50. The van der Waals surface area contributed by atoms with Crippen molar-refractivity contribution in [2.24, 2.45) is 0 Å². The SMILES string of the molecule is CC(C)(C)OC(=O)N1CCOP1Cl. The third-order valence-electron chi connectivity index (χ3n) is 1.29. The van der Waals surface area contributed by atoms with Crippen molar-refractivity contribution in [3.63, 3.8) is 0 Å². The first-order valence-corrected chi connectivity index (χ1v) is 6.11. The van der Waals surface area contributed by atoms with E-state index in [-0.39, 0.29) is 0 Å². The maximum atomic E-state index is 11.4. The van der Waals surface area contributed by atoms with Gasteiger partial charge in [-0.1, -0.05) is 0 Å². The number of ether oxygens (including phenoxy) is 1. The maximum Gasteiger partial charge on any atom is 0.416 e. The molecule has 0 saturated carbocycles. The summed E-state index contributed by atoms with van der Waals surface area (Å²) in [6.45, 7) is 6.47. The van der Waals surface area contributed by atoms with E-state index in [0.29, 0.717) is 13.2 Å². The lowest BCUT2D eigenvalue weighted by molar-refractivity contribution is 0.0410. The highest BCUT2D eigenvalue weighted by atomic mass is 35.7. The normalized spacial score (nSPS) is 23.4. The van der Waals surface area contributed by atoms with Crippen LogP contribution in [0.5, 0.6) is 0 Å². The topological polar surface area (TPSA) is 38.8 Å². The van der Waals surface area contributed by atoms with Gasteiger partial charge in [-0.2, -0.15) is 0 Å². The second kappa shape index (κ2) is 3.99. The molecular weight excluding hydrogens is 213 g/mol. The van der Waals surface area contributed by atoms with Crippen molar-refractivity contribution in [2.45, 2.75) is 26.4 Å². The van der Waals surface area contributed by atoms with Crippen LogP contribution >= 0.6 is 18.9 Å². The fourth-order valence-electron chi connectivity index (χ4n) is 0.821. The van der Waals surface area contributed by atoms with E-state index >= 15 is 0 Å². The molecule has 0 spiro atoms. The van der Waals surface area contributed by atoms with Crippen LogP contribution in [0.3, 0.4) is 0 Å². The standard InChI is InChI=1S/C7H13ClNO3P/c1-7(2,3)12-6(10)9-4-5-11-13(9)8/h4-5H2,1-3H3. The molecule has 0 aliphatic carbocycles. The Morgan fingerprint density at radius 1 is 1.62 bits per heavy atom. The van der Waals surface area contributed by atoms with E-state index in [1.54, 1.807) is 0 Å². The van der Waals surface area contributed by atoms with Gasteiger partial charge in [0.25, 0.3) is 0 Å². The minimum absolute atomic E-state index is 0.397. The molecule has 0 bridgehead atoms. The quantitative estimate of drug-likeness (QED) is 0.595. The Bertz CT molecular complexity index is 206. The molecule has 13 heavy (non-hydrogen) atoms. The van der Waals surface area contributed by atoms with Gasteiger partial charge in [-0.3, -0.25) is 0 Å². The van der Waals surface area contributed by atoms with Crippen molar-refractivity contribution in [2.75, 3.05) is 13.2 Å². The minimum atomic E-state index is -1.29. The van der Waals surface area contributed by atoms with Gasteiger partial charge in [-0.15, -0.1) is 0 Å². The van der Waals surface area contributed by atoms with Gasteiger partial charge >= 0.3 is 6.09 Å². The van der Waals surface area contributed by atoms with Gasteiger partial charge in [-0.05, 0) is 32.0 Å². The summed E-state index contributed by atoms with van der Waals surface area (Å²) in [6.07, 6.45) is -0.397. The summed E-state index contributed by atoms with van der Waals surface area (Å²) in [7, 11) is -1.29. The van der Waals surface area contributed by atoms with E-state index in [1.165, 1.54) is 4.67 Å². The van der Waals surface area contributed by atoms with Crippen LogP contribution < -0.4 is 0 Å². The third kappa shape index (κ3) is 3.29. The summed E-state index contributed by atoms with van der Waals surface area (Å²) in [6, 6.07) is 0. The van der Waals surface area contributed by atoms with Crippen LogP contribution in [0.15, 0.2) is 0 Å². The molecule has 0 aromatic rings. The van der Waals surface area contributed by atoms with E-state index < -0.39 is 19.3 Å². The Morgan fingerprint density at radius 2 is 2.23 bits per heavy atom. The Morgan fingerprint density at radius 3 is 2.62 bits per heavy atom. The summed E-state index contributed by atoms with van der Waals surface area (Å²) < 4.78 is 11.6. The summed E-state index contributed by atoms with van der Waals surface area (Å²) in [5, 5.41) is 0. The monoisotopic (exact) mass is 225 g/mol. The second-order valence-electron chi connectivity index (χ2n) is 3.66. The van der Waals surface area contributed by atoms with Crippen LogP contribution in [0.1, 0.15) is 20.8 Å². The number of amides is 1. The lowest BCUT2D eigenvalue weighted by Crippen LogP contribution is -2.31. The van der Waals surface area contributed by atoms with Gasteiger partial charge in [0.15, 0.2) is 0 Å². The van der Waals surface area contributed by atoms with E-state index in [1.807, 2.05) is 20.8 Å². The summed E-state index contributed by atoms with van der Waals surface area (Å²) in [4.78, 5) is 11.4. The maximum absolute atomic E-state index is 11.4. The van der Waals surface area contributed by atoms with E-state index in [4.69, 9.17) is 20.5 Å². The summed E-state index contributed by atoms with van der Waals surface area (Å²) in [5.41, 5.74) is -0.479. The zero-order valence-corrected chi connectivity index (χ0v) is 9.56. The van der Waals surface area contributed by atoms with Crippen molar-refractivity contribution in [3.05, 3.63) is 0 Å². The molecule has 1 fully saturated rings. The Hall–Kier alpha value is -0.0500. The molecule has 1 amide bonds. The van der Waals surface area contributed by atoms with Gasteiger partial charge in [0, 0.05) is 0 Å². The van der Waals surface area contributed by atoms with Crippen molar-refractivity contribution in [1.82, 2.24) is 4.67 Å². The number of carbonyl (C=O) groups is 1. The van der Waals surface area contributed by atoms with Crippen LogP contribution in [-0.2, 0) is 9.26 Å². The second-order valence-corrected chi connectivity index (χ2v) is 5.72. The molecular formula is C7H13ClNO3P. The highest BCUT2D eigenvalue weighted by molar-refractivity contribution is 7.78. The third-order valence-corrected chi connectivity index (χ3v) is 3.27. The molecule has 0 radical (unpaired) electrons. The van der Waals surface area contributed by atoms with Crippen LogP contribution in [0, 0.1) is 0 Å². The van der Waals surface area contributed by atoms with Crippen LogP contribution in [-0.4, -0.2) is 29.5 Å². The van der Waals surface area contributed by atoms with E-state index in [2.05, 4.69) is 0 Å². The number of hydrogen-bond donors (Lipinski definition) is 0. The van der Waals surface area contributed by atoms with Crippen molar-refractivity contribution >= 4 is 25.0 Å². The fourth-order valence-corrected chi connectivity index (χ4v) is 2.22. The van der Waals surface area contributed by atoms with E-state index in [0.717, 1.165) is 0 Å². The molecule has 1 aliphatic heterocycles. The Labute approximate surface area is 83.8 Å². The summed E-state index contributed by atoms with van der Waals surface area (Å²) >= 11 is 5.77. The van der Waals surface area contributed by atoms with E-state index in [9.17, 15) is 4.79 Å². The number of halogens is 1. The number of rotatable bonds is 0. The smallest absolute Gasteiger partial charge is 0.416 e. The number of hydrogen-bond acceptors (Lipinski definition) is 3. The van der Waals surface area contributed by atoms with Crippen molar-refractivity contribution < 1.29 is 14.1 Å². The number of carbonyl (C=O) groups excluding carboxylic acids is 1. The fraction of sp³-hybridized carbons (Fsp3) is 0.857. The molecule has 1 saturated heterocycles. The van der Waals surface area contributed by atoms with Crippen LogP contribution in [0.25, 0.3) is 0 Å². The van der Waals surface area contributed by atoms with Gasteiger partial charge in [0.1, 0.15) is 5.60 Å². The first-order chi connectivity index (χ1) is 5.90. The molecule has 4 nitrogen and oxygen atoms in total. The average Bonchev–Trinajstić information content (AvgIpc) is 2.30. The van der Waals surface area contributed by atoms with Gasteiger partial charge in [-0.25, -0.2) is 9.46 Å². The predicted molar refractivity (Wildman–Crippen MR) is 51.7 cm³/mol. The molecule has 0 aromatic carbocycles. The van der Waals surface area contributed by atoms with Crippen LogP contribution in [0.2, 0.25) is 0 Å². The Kier molecular flexibility index (Phi) is 3.38. The van der Waals surface area contributed by atoms with Crippen molar-refractivity contribution in [1.29, 1.82) is 0 Å². The molecule has 1 heterocycles. The molecule has 0 N–H and O–H groups in total. The van der Waals surface area contributed by atoms with Gasteiger partial charge in [0.05, 0.1) is 13.2 Å². The molecule has 6 heteroatoms. The minimum Gasteiger partial charge on any atom is -0.443 e. The van der Waals surface area contributed by atoms with Gasteiger partial charge < -0.3 is 9.26 Å². The lowest BCUT2D eigenvalue weighted by atomic mass is 10.2. The summed E-state index contributed by atoms with van der Waals surface area (Å²) in [5.74, 6) is 0. The van der Waals surface area contributed by atoms with Crippen LogP contribution in [0.4, 0.5) is 4.79 Å². The molecule has 0 aromatic heterocycles. The Balaban J connectivity index is 2.48. The first kappa shape index (κ1) is 11.0. The zero-order chi connectivity index (χ0) is 10.1. The molecule has 1 atom stereocenters. The molecule has 1 unspecified atom stereocenters. The number of nitrogens with zero attached hydrogens (tertiary/aromatic N) is 1. The zero-order valence-electron chi connectivity index (χ0n) is 7.91. The largest absolute Gasteiger partial charge is 0.443 e. The lowest BCUT2D eigenvalue weighted by Gasteiger charge is -2.24. The highest BCUT2D eigenvalue weighted by Gasteiger charge is 2.32.